The van der Waals surface area contributed by atoms with Gasteiger partial charge in [-0.3, -0.25) is 4.79 Å². The molecule has 0 aliphatic rings. The number of carbonyl (C=O) groups excluding carboxylic acids is 1. The summed E-state index contributed by atoms with van der Waals surface area (Å²) in [4.78, 5) is 12.0. The summed E-state index contributed by atoms with van der Waals surface area (Å²) < 4.78 is 28.0. The molecule has 0 saturated carbocycles. The molecule has 0 spiro atoms. The summed E-state index contributed by atoms with van der Waals surface area (Å²) in [5, 5.41) is 0. The minimum Gasteiger partial charge on any atom is -0.295 e. The van der Waals surface area contributed by atoms with Gasteiger partial charge in [-0.05, 0) is 43.5 Å². The Morgan fingerprint density at radius 2 is 1.64 bits per heavy atom. The Kier molecular flexibility index (Phi) is 5.93. The molecule has 2 rings (SSSR count). The predicted molar refractivity (Wildman–Crippen MR) is 99.9 cm³/mol. The molecule has 0 unspecified atom stereocenters. The van der Waals surface area contributed by atoms with E-state index in [1.165, 1.54) is 6.92 Å². The maximum absolute atomic E-state index is 12.7. The van der Waals surface area contributed by atoms with Crippen molar-refractivity contribution in [3.63, 3.8) is 0 Å². The van der Waals surface area contributed by atoms with Crippen LogP contribution in [0.1, 0.15) is 36.6 Å². The fourth-order valence-corrected chi connectivity index (χ4v) is 3.65. The molecule has 0 heterocycles. The van der Waals surface area contributed by atoms with Crippen LogP contribution in [0.4, 0.5) is 0 Å². The van der Waals surface area contributed by atoms with Crippen molar-refractivity contribution in [3.05, 3.63) is 77.4 Å². The van der Waals surface area contributed by atoms with E-state index in [2.05, 4.69) is 11.3 Å². The maximum atomic E-state index is 12.7. The van der Waals surface area contributed by atoms with Gasteiger partial charge in [0.15, 0.2) is 5.78 Å². The average molecular weight is 357 g/mol. The maximum Gasteiger partial charge on any atom is 0.241 e. The molecule has 0 aliphatic carbocycles. The number of nitrogens with one attached hydrogen (secondary N) is 1. The van der Waals surface area contributed by atoms with Crippen molar-refractivity contribution < 1.29 is 13.2 Å². The molecule has 4 nitrogen and oxygen atoms in total. The molecule has 132 valence electrons. The molecule has 0 amide bonds. The number of benzene rings is 2. The first-order valence-electron chi connectivity index (χ1n) is 8.12. The van der Waals surface area contributed by atoms with Gasteiger partial charge in [-0.1, -0.05) is 55.5 Å². The second-order valence-electron chi connectivity index (χ2n) is 6.04. The van der Waals surface area contributed by atoms with Crippen molar-refractivity contribution in [2.75, 3.05) is 0 Å². The van der Waals surface area contributed by atoms with Crippen LogP contribution in [-0.2, 0) is 21.2 Å². The van der Waals surface area contributed by atoms with Crippen LogP contribution >= 0.6 is 0 Å². The summed E-state index contributed by atoms with van der Waals surface area (Å²) >= 11 is 0. The van der Waals surface area contributed by atoms with Gasteiger partial charge in [0.05, 0.1) is 10.9 Å². The molecule has 25 heavy (non-hydrogen) atoms. The molecule has 0 saturated heterocycles. The zero-order valence-electron chi connectivity index (χ0n) is 14.7. The SMILES string of the molecule is C=C(C(C)=O)[C@@H](NS(=O)(=O)c1ccc(C)cc1)c1ccc(CC)cc1. The van der Waals surface area contributed by atoms with Crippen molar-refractivity contribution in [1.82, 2.24) is 4.72 Å². The van der Waals surface area contributed by atoms with Crippen LogP contribution in [0.25, 0.3) is 0 Å². The Balaban J connectivity index is 2.40. The summed E-state index contributed by atoms with van der Waals surface area (Å²) in [6, 6.07) is 13.3. The standard InChI is InChI=1S/C20H23NO3S/c1-5-17-8-10-18(11-9-17)20(15(3)16(4)22)21-25(23,24)19-12-6-14(2)7-13-19/h6-13,20-21H,3,5H2,1-2,4H3/t20-/m1/s1. The van der Waals surface area contributed by atoms with E-state index in [0.29, 0.717) is 5.56 Å². The summed E-state index contributed by atoms with van der Waals surface area (Å²) in [5.41, 5.74) is 3.00. The minimum atomic E-state index is -3.78. The third-order valence-electron chi connectivity index (χ3n) is 4.13. The van der Waals surface area contributed by atoms with Crippen LogP contribution in [0, 0.1) is 6.92 Å². The monoisotopic (exact) mass is 357 g/mol. The summed E-state index contributed by atoms with van der Waals surface area (Å²) in [6.07, 6.45) is 0.883. The molecule has 0 bridgehead atoms. The van der Waals surface area contributed by atoms with Crippen LogP contribution in [0.2, 0.25) is 0 Å². The molecule has 2 aromatic rings. The van der Waals surface area contributed by atoms with Crippen molar-refractivity contribution in [2.24, 2.45) is 0 Å². The lowest BCUT2D eigenvalue weighted by atomic mass is 9.97. The molecule has 0 radical (unpaired) electrons. The lowest BCUT2D eigenvalue weighted by Gasteiger charge is -2.20. The lowest BCUT2D eigenvalue weighted by molar-refractivity contribution is -0.113. The van der Waals surface area contributed by atoms with Crippen LogP contribution in [0.5, 0.6) is 0 Å². The zero-order valence-corrected chi connectivity index (χ0v) is 15.6. The lowest BCUT2D eigenvalue weighted by Crippen LogP contribution is -2.31. The predicted octanol–water partition coefficient (Wildman–Crippen LogP) is 3.72. The highest BCUT2D eigenvalue weighted by Crippen LogP contribution is 2.25. The number of hydrogen-bond acceptors (Lipinski definition) is 3. The van der Waals surface area contributed by atoms with Gasteiger partial charge in [0, 0.05) is 5.57 Å². The highest BCUT2D eigenvalue weighted by molar-refractivity contribution is 7.89. The van der Waals surface area contributed by atoms with Gasteiger partial charge in [0.25, 0.3) is 0 Å². The van der Waals surface area contributed by atoms with Crippen LogP contribution in [0.3, 0.4) is 0 Å². The van der Waals surface area contributed by atoms with Crippen LogP contribution < -0.4 is 4.72 Å². The van der Waals surface area contributed by atoms with E-state index in [4.69, 9.17) is 0 Å². The number of Topliss-reactive ketones (excluding diaryl/α,β-unsaturated/α-hetero) is 1. The Labute approximate surface area is 149 Å². The van der Waals surface area contributed by atoms with Crippen molar-refractivity contribution in [3.8, 4) is 0 Å². The number of carbonyl (C=O) groups is 1. The summed E-state index contributed by atoms with van der Waals surface area (Å²) in [7, 11) is -3.78. The topological polar surface area (TPSA) is 63.2 Å². The van der Waals surface area contributed by atoms with Gasteiger partial charge in [-0.25, -0.2) is 8.42 Å². The van der Waals surface area contributed by atoms with Crippen LogP contribution in [-0.4, -0.2) is 14.2 Å². The fraction of sp³-hybridized carbons (Fsp3) is 0.250. The van der Waals surface area contributed by atoms with E-state index >= 15 is 0 Å². The summed E-state index contributed by atoms with van der Waals surface area (Å²) in [6.45, 7) is 9.10. The molecular weight excluding hydrogens is 334 g/mol. The van der Waals surface area contributed by atoms with Gasteiger partial charge in [-0.15, -0.1) is 0 Å². The van der Waals surface area contributed by atoms with Crippen molar-refractivity contribution in [2.45, 2.75) is 38.1 Å². The molecular formula is C20H23NO3S. The Bertz CT molecular complexity index is 866. The van der Waals surface area contributed by atoms with Crippen molar-refractivity contribution in [1.29, 1.82) is 0 Å². The second-order valence-corrected chi connectivity index (χ2v) is 7.76. The third-order valence-corrected chi connectivity index (χ3v) is 5.57. The Morgan fingerprint density at radius 3 is 2.12 bits per heavy atom. The first-order chi connectivity index (χ1) is 11.7. The normalized spacial score (nSPS) is 12.6. The molecule has 0 aliphatic heterocycles. The first-order valence-corrected chi connectivity index (χ1v) is 9.60. The molecule has 0 aromatic heterocycles. The summed E-state index contributed by atoms with van der Waals surface area (Å²) in [5.74, 6) is -0.254. The molecule has 2 aromatic carbocycles. The Morgan fingerprint density at radius 1 is 1.08 bits per heavy atom. The largest absolute Gasteiger partial charge is 0.295 e. The highest BCUT2D eigenvalue weighted by Gasteiger charge is 2.25. The number of aryl methyl sites for hydroxylation is 2. The van der Waals surface area contributed by atoms with Gasteiger partial charge >= 0.3 is 0 Å². The quantitative estimate of drug-likeness (QED) is 0.768. The first kappa shape index (κ1) is 19.1. The van der Waals surface area contributed by atoms with Gasteiger partial charge in [0.1, 0.15) is 0 Å². The van der Waals surface area contributed by atoms with Gasteiger partial charge in [-0.2, -0.15) is 4.72 Å². The minimum absolute atomic E-state index is 0.157. The molecule has 1 atom stereocenters. The number of sulfonamides is 1. The number of hydrogen-bond donors (Lipinski definition) is 1. The van der Waals surface area contributed by atoms with E-state index in [-0.39, 0.29) is 16.3 Å². The van der Waals surface area contributed by atoms with Crippen LogP contribution in [0.15, 0.2) is 65.6 Å². The van der Waals surface area contributed by atoms with Gasteiger partial charge in [0.2, 0.25) is 10.0 Å². The van der Waals surface area contributed by atoms with E-state index in [1.807, 2.05) is 38.1 Å². The fourth-order valence-electron chi connectivity index (χ4n) is 2.43. The van der Waals surface area contributed by atoms with E-state index in [0.717, 1.165) is 17.5 Å². The number of rotatable bonds is 7. The van der Waals surface area contributed by atoms with E-state index in [9.17, 15) is 13.2 Å². The third kappa shape index (κ3) is 4.65. The highest BCUT2D eigenvalue weighted by atomic mass is 32.2. The average Bonchev–Trinajstić information content (AvgIpc) is 2.59. The van der Waals surface area contributed by atoms with E-state index in [1.54, 1.807) is 24.3 Å². The van der Waals surface area contributed by atoms with E-state index < -0.39 is 16.1 Å². The van der Waals surface area contributed by atoms with Gasteiger partial charge < -0.3 is 0 Å². The number of ketones is 1. The second kappa shape index (κ2) is 7.76. The molecule has 1 N–H and O–H groups in total. The molecule has 0 fully saturated rings. The molecule has 5 heteroatoms. The van der Waals surface area contributed by atoms with Crippen molar-refractivity contribution >= 4 is 15.8 Å². The Hall–Kier alpha value is -2.24. The zero-order chi connectivity index (χ0) is 18.6. The smallest absolute Gasteiger partial charge is 0.241 e.